The van der Waals surface area contributed by atoms with Crippen LogP contribution in [0.4, 0.5) is 0 Å². The molecule has 1 saturated heterocycles. The Morgan fingerprint density at radius 2 is 0.781 bits per heavy atom. The molecule has 7 N–H and O–H groups in total. The molecule has 0 aliphatic carbocycles. The molecule has 1 fully saturated rings. The molecule has 1 heterocycles. The van der Waals surface area contributed by atoms with E-state index in [0.29, 0.717) is 12.8 Å². The lowest BCUT2D eigenvalue weighted by atomic mass is 9.99. The van der Waals surface area contributed by atoms with Crippen molar-refractivity contribution in [2.45, 2.75) is 326 Å². The van der Waals surface area contributed by atoms with Gasteiger partial charge in [0.05, 0.1) is 25.4 Å². The first-order valence-electron chi connectivity index (χ1n) is 27.8. The van der Waals surface area contributed by atoms with E-state index in [4.69, 9.17) is 9.47 Å². The Hall–Kier alpha value is -0.850. The summed E-state index contributed by atoms with van der Waals surface area (Å²) in [6.45, 7) is 3.71. The quantitative estimate of drug-likeness (QED) is 0.0294. The first-order valence-corrected chi connectivity index (χ1v) is 27.8. The van der Waals surface area contributed by atoms with Gasteiger partial charge < -0.3 is 45.4 Å². The van der Waals surface area contributed by atoms with Gasteiger partial charge in [0.15, 0.2) is 6.29 Å². The van der Waals surface area contributed by atoms with Crippen LogP contribution in [-0.4, -0.2) is 98.7 Å². The Morgan fingerprint density at radius 1 is 0.469 bits per heavy atom. The molecule has 0 aromatic carbocycles. The van der Waals surface area contributed by atoms with Gasteiger partial charge in [0.25, 0.3) is 0 Å². The van der Waals surface area contributed by atoms with Crippen LogP contribution in [0.2, 0.25) is 0 Å². The van der Waals surface area contributed by atoms with E-state index < -0.39 is 61.5 Å². The molecular weight excluding hydrogens is 807 g/mol. The maximum atomic E-state index is 13.1. The molecule has 1 rings (SSSR count). The molecule has 10 heteroatoms. The van der Waals surface area contributed by atoms with Crippen LogP contribution in [0, 0.1) is 0 Å². The molecule has 0 aromatic rings. The summed E-state index contributed by atoms with van der Waals surface area (Å²) in [6.07, 6.45) is 41.7. The summed E-state index contributed by atoms with van der Waals surface area (Å²) < 4.78 is 11.2. The Kier molecular flexibility index (Phi) is 42.7. The first-order chi connectivity index (χ1) is 31.3. The van der Waals surface area contributed by atoms with Crippen molar-refractivity contribution in [3.63, 3.8) is 0 Å². The second-order valence-corrected chi connectivity index (χ2v) is 19.9. The van der Waals surface area contributed by atoms with Crippen LogP contribution in [0.1, 0.15) is 277 Å². The minimum Gasteiger partial charge on any atom is -0.394 e. The smallest absolute Gasteiger partial charge is 0.249 e. The summed E-state index contributed by atoms with van der Waals surface area (Å²) in [6, 6.07) is -0.888. The fourth-order valence-electron chi connectivity index (χ4n) is 9.29. The standard InChI is InChI=1S/C54H107NO9/c1-3-5-7-9-11-13-15-17-19-20-21-22-23-24-25-26-27-28-29-31-33-35-37-39-41-43-48(58)53(62)55-46(45-63-54-52(61)51(60)50(59)49(44-56)64-54)47(57)42-40-38-36-34-32-30-18-16-14-12-10-8-6-4-2/h46-52,54,56-61H,3-45H2,1-2H3,(H,55,62). The second-order valence-electron chi connectivity index (χ2n) is 19.9. The highest BCUT2D eigenvalue weighted by atomic mass is 16.7. The van der Waals surface area contributed by atoms with Gasteiger partial charge in [0.1, 0.15) is 30.5 Å². The lowest BCUT2D eigenvalue weighted by Gasteiger charge is -2.40. The maximum Gasteiger partial charge on any atom is 0.249 e. The third-order valence-corrected chi connectivity index (χ3v) is 13.8. The van der Waals surface area contributed by atoms with E-state index in [1.54, 1.807) is 0 Å². The fourth-order valence-corrected chi connectivity index (χ4v) is 9.29. The molecule has 10 nitrogen and oxygen atoms in total. The highest BCUT2D eigenvalue weighted by molar-refractivity contribution is 5.80. The van der Waals surface area contributed by atoms with Gasteiger partial charge in [-0.25, -0.2) is 0 Å². The number of hydrogen-bond donors (Lipinski definition) is 7. The number of ether oxygens (including phenoxy) is 2. The highest BCUT2D eigenvalue weighted by Gasteiger charge is 2.44. The van der Waals surface area contributed by atoms with E-state index in [9.17, 15) is 35.4 Å². The van der Waals surface area contributed by atoms with Crippen LogP contribution in [0.5, 0.6) is 0 Å². The minimum atomic E-state index is -1.59. The van der Waals surface area contributed by atoms with Gasteiger partial charge in [0, 0.05) is 0 Å². The number of unbranched alkanes of at least 4 members (excludes halogenated alkanes) is 37. The zero-order valence-electron chi connectivity index (χ0n) is 41.9. The van der Waals surface area contributed by atoms with Crippen molar-refractivity contribution >= 4 is 5.91 Å². The van der Waals surface area contributed by atoms with E-state index >= 15 is 0 Å². The minimum absolute atomic E-state index is 0.250. The van der Waals surface area contributed by atoms with Crippen LogP contribution in [-0.2, 0) is 14.3 Å². The number of aliphatic hydroxyl groups is 6. The molecule has 1 amide bonds. The van der Waals surface area contributed by atoms with Gasteiger partial charge >= 0.3 is 0 Å². The van der Waals surface area contributed by atoms with Gasteiger partial charge in [-0.3, -0.25) is 4.79 Å². The van der Waals surface area contributed by atoms with Gasteiger partial charge in [0.2, 0.25) is 5.91 Å². The molecule has 8 atom stereocenters. The average molecular weight is 914 g/mol. The molecule has 382 valence electrons. The summed E-state index contributed by atoms with van der Waals surface area (Å²) in [4.78, 5) is 13.1. The highest BCUT2D eigenvalue weighted by Crippen LogP contribution is 2.23. The van der Waals surface area contributed by atoms with Crippen LogP contribution in [0.15, 0.2) is 0 Å². The van der Waals surface area contributed by atoms with Gasteiger partial charge in [-0.15, -0.1) is 0 Å². The normalized spacial score (nSPS) is 20.4. The Morgan fingerprint density at radius 3 is 1.11 bits per heavy atom. The summed E-state index contributed by atoms with van der Waals surface area (Å²) in [5.74, 6) is -0.577. The summed E-state index contributed by atoms with van der Waals surface area (Å²) in [5.41, 5.74) is 0. The molecule has 64 heavy (non-hydrogen) atoms. The lowest BCUT2D eigenvalue weighted by Crippen LogP contribution is -2.60. The molecule has 1 aliphatic heterocycles. The molecule has 8 unspecified atom stereocenters. The van der Waals surface area contributed by atoms with Gasteiger partial charge in [-0.1, -0.05) is 264 Å². The molecular formula is C54H107NO9. The van der Waals surface area contributed by atoms with E-state index in [1.807, 2.05) is 0 Å². The van der Waals surface area contributed by atoms with Crippen molar-refractivity contribution in [3.8, 4) is 0 Å². The van der Waals surface area contributed by atoms with Crippen LogP contribution >= 0.6 is 0 Å². The Balaban J connectivity index is 2.22. The van der Waals surface area contributed by atoms with Crippen molar-refractivity contribution < 1.29 is 44.9 Å². The van der Waals surface area contributed by atoms with E-state index in [2.05, 4.69) is 19.2 Å². The number of aliphatic hydroxyl groups excluding tert-OH is 6. The zero-order valence-corrected chi connectivity index (χ0v) is 41.9. The summed E-state index contributed by atoms with van der Waals surface area (Å²) in [5, 5.41) is 65.1. The number of amides is 1. The number of nitrogens with one attached hydrogen (secondary N) is 1. The van der Waals surface area contributed by atoms with Crippen molar-refractivity contribution in [3.05, 3.63) is 0 Å². The van der Waals surface area contributed by atoms with E-state index in [1.165, 1.54) is 212 Å². The maximum absolute atomic E-state index is 13.1. The summed E-state index contributed by atoms with van der Waals surface area (Å²) in [7, 11) is 0. The van der Waals surface area contributed by atoms with Gasteiger partial charge in [-0.2, -0.15) is 0 Å². The van der Waals surface area contributed by atoms with Crippen LogP contribution in [0.25, 0.3) is 0 Å². The van der Waals surface area contributed by atoms with Crippen LogP contribution < -0.4 is 5.32 Å². The van der Waals surface area contributed by atoms with E-state index in [0.717, 1.165) is 38.5 Å². The van der Waals surface area contributed by atoms with Crippen molar-refractivity contribution in [1.82, 2.24) is 5.32 Å². The number of rotatable bonds is 48. The molecule has 0 saturated carbocycles. The van der Waals surface area contributed by atoms with E-state index in [-0.39, 0.29) is 6.61 Å². The molecule has 0 aromatic heterocycles. The SMILES string of the molecule is CCCCCCCCCCCCCCCCCCCCCCCCCCCC(O)C(=O)NC(COC1OC(CO)C(O)C(O)C1O)C(O)CCCCCCCCCCCCCCCC. The number of hydrogen-bond acceptors (Lipinski definition) is 9. The lowest BCUT2D eigenvalue weighted by molar-refractivity contribution is -0.302. The topological polar surface area (TPSA) is 169 Å². The number of carbonyl (C=O) groups is 1. The molecule has 0 bridgehead atoms. The third kappa shape index (κ3) is 33.6. The third-order valence-electron chi connectivity index (χ3n) is 13.8. The van der Waals surface area contributed by atoms with Crippen LogP contribution in [0.3, 0.4) is 0 Å². The Bertz CT molecular complexity index is 988. The van der Waals surface area contributed by atoms with Crippen molar-refractivity contribution in [1.29, 1.82) is 0 Å². The summed E-state index contributed by atoms with van der Waals surface area (Å²) >= 11 is 0. The largest absolute Gasteiger partial charge is 0.394 e. The predicted octanol–water partition coefficient (Wildman–Crippen LogP) is 12.0. The fraction of sp³-hybridized carbons (Fsp3) is 0.981. The predicted molar refractivity (Wildman–Crippen MR) is 264 cm³/mol. The zero-order chi connectivity index (χ0) is 46.7. The monoisotopic (exact) mass is 914 g/mol. The molecule has 0 radical (unpaired) electrons. The Labute approximate surface area is 394 Å². The second kappa shape index (κ2) is 44.6. The first kappa shape index (κ1) is 61.2. The molecule has 1 aliphatic rings. The molecule has 0 spiro atoms. The van der Waals surface area contributed by atoms with Crippen molar-refractivity contribution in [2.75, 3.05) is 13.2 Å². The number of carbonyl (C=O) groups excluding carboxylic acids is 1. The van der Waals surface area contributed by atoms with Crippen molar-refractivity contribution in [2.24, 2.45) is 0 Å². The van der Waals surface area contributed by atoms with Gasteiger partial charge in [-0.05, 0) is 12.8 Å². The average Bonchev–Trinajstić information content (AvgIpc) is 3.29.